The first-order valence-corrected chi connectivity index (χ1v) is 9.41. The minimum absolute atomic E-state index is 1.12. The molecule has 0 heterocycles. The lowest BCUT2D eigenvalue weighted by molar-refractivity contribution is -0.870. The molecule has 0 saturated heterocycles. The summed E-state index contributed by atoms with van der Waals surface area (Å²) in [4.78, 5) is 0. The lowest BCUT2D eigenvalue weighted by Gasteiger charge is -2.23. The van der Waals surface area contributed by atoms with E-state index < -0.39 is 10.4 Å². The van der Waals surface area contributed by atoms with Crippen LogP contribution in [0.2, 0.25) is 0 Å². The second-order valence-electron chi connectivity index (χ2n) is 6.62. The van der Waals surface area contributed by atoms with Crippen LogP contribution in [0.25, 0.3) is 0 Å². The fourth-order valence-electron chi connectivity index (χ4n) is 2.07. The van der Waals surface area contributed by atoms with E-state index in [2.05, 4.69) is 28.1 Å². The molecule has 130 valence electrons. The SMILES string of the molecule is CCCCCCCCCCCC[N+](C)(C)C.O=S(=O)([O-])O. The van der Waals surface area contributed by atoms with E-state index in [1.807, 2.05) is 0 Å². The van der Waals surface area contributed by atoms with Crippen LogP contribution in [0, 0.1) is 0 Å². The van der Waals surface area contributed by atoms with Crippen LogP contribution in [0.1, 0.15) is 71.1 Å². The van der Waals surface area contributed by atoms with Crippen molar-refractivity contribution in [2.45, 2.75) is 71.1 Å². The average Bonchev–Trinajstić information content (AvgIpc) is 2.28. The highest BCUT2D eigenvalue weighted by molar-refractivity contribution is 7.79. The van der Waals surface area contributed by atoms with E-state index >= 15 is 0 Å². The fourth-order valence-corrected chi connectivity index (χ4v) is 2.07. The molecule has 0 radical (unpaired) electrons. The Morgan fingerprint density at radius 1 is 0.810 bits per heavy atom. The molecular weight excluding hydrogens is 290 g/mol. The summed E-state index contributed by atoms with van der Waals surface area (Å²) in [6, 6.07) is 0. The summed E-state index contributed by atoms with van der Waals surface area (Å²) in [5.41, 5.74) is 0. The molecule has 0 aliphatic carbocycles. The lowest BCUT2D eigenvalue weighted by atomic mass is 10.1. The fraction of sp³-hybridized carbons (Fsp3) is 1.00. The first-order chi connectivity index (χ1) is 9.56. The summed E-state index contributed by atoms with van der Waals surface area (Å²) in [6.07, 6.45) is 14.4. The van der Waals surface area contributed by atoms with E-state index in [0.29, 0.717) is 0 Å². The van der Waals surface area contributed by atoms with Crippen LogP contribution < -0.4 is 0 Å². The van der Waals surface area contributed by atoms with Crippen molar-refractivity contribution >= 4 is 10.4 Å². The molecule has 5 nitrogen and oxygen atoms in total. The van der Waals surface area contributed by atoms with Gasteiger partial charge >= 0.3 is 0 Å². The molecule has 0 unspecified atom stereocenters. The molecule has 0 spiro atoms. The van der Waals surface area contributed by atoms with Crippen molar-refractivity contribution in [1.82, 2.24) is 0 Å². The zero-order chi connectivity index (χ0) is 16.8. The molecule has 0 rings (SSSR count). The van der Waals surface area contributed by atoms with Crippen LogP contribution in [-0.2, 0) is 10.4 Å². The van der Waals surface area contributed by atoms with Crippen LogP contribution in [-0.4, -0.2) is 49.7 Å². The molecule has 0 aliphatic heterocycles. The third-order valence-corrected chi connectivity index (χ3v) is 3.18. The summed E-state index contributed by atoms with van der Waals surface area (Å²) < 4.78 is 34.0. The Labute approximate surface area is 131 Å². The van der Waals surface area contributed by atoms with E-state index in [4.69, 9.17) is 17.5 Å². The Balaban J connectivity index is 0. The Bertz CT molecular complexity index is 302. The molecule has 0 amide bonds. The van der Waals surface area contributed by atoms with Crippen molar-refractivity contribution in [1.29, 1.82) is 0 Å². The van der Waals surface area contributed by atoms with Crippen molar-refractivity contribution in [2.24, 2.45) is 0 Å². The molecule has 0 aromatic rings. The number of quaternary nitrogens is 1. The first kappa shape index (κ1) is 23.1. The monoisotopic (exact) mass is 325 g/mol. The smallest absolute Gasteiger partial charge is 0.215 e. The van der Waals surface area contributed by atoms with Gasteiger partial charge in [0.25, 0.3) is 0 Å². The van der Waals surface area contributed by atoms with Crippen molar-refractivity contribution in [3.8, 4) is 0 Å². The standard InChI is InChI=1S/C15H34N.H2O4S/c1-5-6-7-8-9-10-11-12-13-14-15-16(2,3)4;1-5(2,3)4/h5-15H2,1-4H3;(H2,1,2,3,4)/q+1;/p-1. The van der Waals surface area contributed by atoms with E-state index in [9.17, 15) is 0 Å². The van der Waals surface area contributed by atoms with Crippen LogP contribution in [0.3, 0.4) is 0 Å². The predicted octanol–water partition coefficient (Wildman–Crippen LogP) is 3.62. The highest BCUT2D eigenvalue weighted by Gasteiger charge is 2.04. The zero-order valence-corrected chi connectivity index (χ0v) is 15.1. The molecule has 21 heavy (non-hydrogen) atoms. The second-order valence-corrected chi connectivity index (χ2v) is 7.48. The van der Waals surface area contributed by atoms with Gasteiger partial charge in [-0.25, -0.2) is 8.42 Å². The van der Waals surface area contributed by atoms with Crippen LogP contribution in [0.15, 0.2) is 0 Å². The molecule has 0 bridgehead atoms. The highest BCUT2D eigenvalue weighted by Crippen LogP contribution is 2.10. The minimum atomic E-state index is -4.92. The maximum Gasteiger partial charge on any atom is 0.215 e. The van der Waals surface area contributed by atoms with Gasteiger partial charge in [-0.05, 0) is 12.8 Å². The maximum atomic E-state index is 8.63. The van der Waals surface area contributed by atoms with Gasteiger partial charge in [-0.2, -0.15) is 0 Å². The summed E-state index contributed by atoms with van der Waals surface area (Å²) in [6.45, 7) is 3.62. The third-order valence-electron chi connectivity index (χ3n) is 3.18. The number of nitrogens with zero attached hydrogens (tertiary/aromatic N) is 1. The normalized spacial score (nSPS) is 11.9. The minimum Gasteiger partial charge on any atom is -0.726 e. The lowest BCUT2D eigenvalue weighted by Crippen LogP contribution is -2.35. The summed E-state index contributed by atoms with van der Waals surface area (Å²) in [7, 11) is 1.94. The molecule has 0 aliphatic rings. The molecular formula is C15H35NO4S. The van der Waals surface area contributed by atoms with Crippen LogP contribution >= 0.6 is 0 Å². The van der Waals surface area contributed by atoms with Gasteiger partial charge in [-0.15, -0.1) is 0 Å². The third kappa shape index (κ3) is 38.3. The quantitative estimate of drug-likeness (QED) is 0.272. The number of unbranched alkanes of at least 4 members (excludes halogenated alkanes) is 9. The molecule has 0 saturated carbocycles. The van der Waals surface area contributed by atoms with E-state index in [0.717, 1.165) is 4.48 Å². The molecule has 0 aromatic carbocycles. The highest BCUT2D eigenvalue weighted by atomic mass is 32.3. The van der Waals surface area contributed by atoms with E-state index in [1.165, 1.54) is 70.8 Å². The number of hydrogen-bond donors (Lipinski definition) is 1. The van der Waals surface area contributed by atoms with Gasteiger partial charge in [0.2, 0.25) is 10.4 Å². The van der Waals surface area contributed by atoms with Gasteiger partial charge in [0.05, 0.1) is 27.7 Å². The summed E-state index contributed by atoms with van der Waals surface area (Å²) in [5, 5.41) is 0. The van der Waals surface area contributed by atoms with Crippen LogP contribution in [0.4, 0.5) is 0 Å². The first-order valence-electron chi connectivity index (χ1n) is 8.05. The van der Waals surface area contributed by atoms with Crippen LogP contribution in [0.5, 0.6) is 0 Å². The van der Waals surface area contributed by atoms with E-state index in [1.54, 1.807) is 0 Å². The molecule has 0 aromatic heterocycles. The van der Waals surface area contributed by atoms with Crippen molar-refractivity contribution in [2.75, 3.05) is 27.7 Å². The van der Waals surface area contributed by atoms with E-state index in [-0.39, 0.29) is 0 Å². The topological polar surface area (TPSA) is 77.4 Å². The van der Waals surface area contributed by atoms with Gasteiger partial charge in [-0.1, -0.05) is 58.3 Å². The molecule has 0 fully saturated rings. The Morgan fingerprint density at radius 2 is 1.10 bits per heavy atom. The molecule has 1 N–H and O–H groups in total. The summed E-state index contributed by atoms with van der Waals surface area (Å²) in [5.74, 6) is 0. The average molecular weight is 326 g/mol. The Hall–Kier alpha value is -0.170. The zero-order valence-electron chi connectivity index (χ0n) is 14.3. The van der Waals surface area contributed by atoms with Crippen molar-refractivity contribution in [3.05, 3.63) is 0 Å². The van der Waals surface area contributed by atoms with Crippen molar-refractivity contribution < 1.29 is 22.0 Å². The van der Waals surface area contributed by atoms with Gasteiger partial charge < -0.3 is 9.04 Å². The Morgan fingerprint density at radius 3 is 1.38 bits per heavy atom. The summed E-state index contributed by atoms with van der Waals surface area (Å²) >= 11 is 0. The van der Waals surface area contributed by atoms with Gasteiger partial charge in [-0.3, -0.25) is 4.55 Å². The number of hydrogen-bond acceptors (Lipinski definition) is 3. The second kappa shape index (κ2) is 13.5. The van der Waals surface area contributed by atoms with Gasteiger partial charge in [0, 0.05) is 0 Å². The predicted molar refractivity (Wildman–Crippen MR) is 87.1 cm³/mol. The largest absolute Gasteiger partial charge is 0.726 e. The maximum absolute atomic E-state index is 8.63. The van der Waals surface area contributed by atoms with Gasteiger partial charge in [0.1, 0.15) is 0 Å². The molecule has 0 atom stereocenters. The number of rotatable bonds is 11. The molecule has 6 heteroatoms. The van der Waals surface area contributed by atoms with Crippen molar-refractivity contribution in [3.63, 3.8) is 0 Å². The Kier molecular flexibility index (Phi) is 14.8. The van der Waals surface area contributed by atoms with Gasteiger partial charge in [0.15, 0.2) is 0 Å².